The van der Waals surface area contributed by atoms with Gasteiger partial charge in [0.25, 0.3) is 0 Å². The largest absolute Gasteiger partial charge is 0.496 e. The van der Waals surface area contributed by atoms with Gasteiger partial charge in [-0.3, -0.25) is 9.59 Å². The third-order valence-corrected chi connectivity index (χ3v) is 4.55. The van der Waals surface area contributed by atoms with Gasteiger partial charge >= 0.3 is 5.97 Å². The number of carboxylic acids is 1. The van der Waals surface area contributed by atoms with Gasteiger partial charge in [-0.05, 0) is 18.1 Å². The lowest BCUT2D eigenvalue weighted by Crippen LogP contribution is -2.27. The van der Waals surface area contributed by atoms with Crippen LogP contribution < -0.4 is 4.74 Å². The van der Waals surface area contributed by atoms with Gasteiger partial charge in [0.1, 0.15) is 5.75 Å². The van der Waals surface area contributed by atoms with E-state index in [-0.39, 0.29) is 24.8 Å². The fraction of sp³-hybridized carbons (Fsp3) is 0.286. The van der Waals surface area contributed by atoms with Crippen LogP contribution in [0.3, 0.4) is 0 Å². The van der Waals surface area contributed by atoms with Crippen molar-refractivity contribution in [3.63, 3.8) is 0 Å². The molecule has 1 aliphatic rings. The second-order valence-corrected chi connectivity index (χ2v) is 6.36. The van der Waals surface area contributed by atoms with Gasteiger partial charge in [0, 0.05) is 24.8 Å². The molecule has 0 fully saturated rings. The molecule has 0 radical (unpaired) electrons. The summed E-state index contributed by atoms with van der Waals surface area (Å²) < 4.78 is 5.47. The van der Waals surface area contributed by atoms with E-state index in [0.29, 0.717) is 18.6 Å². The first-order chi connectivity index (χ1) is 13.1. The minimum Gasteiger partial charge on any atom is -0.496 e. The molecule has 0 aliphatic carbocycles. The fourth-order valence-electron chi connectivity index (χ4n) is 3.23. The lowest BCUT2D eigenvalue weighted by atomic mass is 9.97. The number of carboxylic acid groups (broad SMARTS) is 1. The third kappa shape index (κ3) is 4.34. The molecule has 1 amide bonds. The summed E-state index contributed by atoms with van der Waals surface area (Å²) >= 11 is 0. The van der Waals surface area contributed by atoms with Crippen molar-refractivity contribution in [3.8, 4) is 5.75 Å². The Hall–Kier alpha value is -3.15. The van der Waals surface area contributed by atoms with Gasteiger partial charge in [0.05, 0.1) is 18.9 Å². The van der Waals surface area contributed by atoms with Gasteiger partial charge in [0.15, 0.2) is 0 Å². The second kappa shape index (κ2) is 8.49. The van der Waals surface area contributed by atoms with Crippen molar-refractivity contribution < 1.29 is 19.4 Å². The van der Waals surface area contributed by atoms with Crippen molar-refractivity contribution in [2.75, 3.05) is 7.11 Å². The van der Waals surface area contributed by atoms with Gasteiger partial charge in [-0.2, -0.15) is 5.10 Å². The number of hydrazone groups is 1. The number of ether oxygens (including phenoxy) is 1. The van der Waals surface area contributed by atoms with Crippen molar-refractivity contribution in [3.05, 3.63) is 65.7 Å². The summed E-state index contributed by atoms with van der Waals surface area (Å²) in [6.07, 6.45) is 0.978. The second-order valence-electron chi connectivity index (χ2n) is 6.36. The van der Waals surface area contributed by atoms with Crippen LogP contribution in [-0.4, -0.2) is 34.8 Å². The van der Waals surface area contributed by atoms with Crippen LogP contribution in [0.25, 0.3) is 0 Å². The molecule has 3 rings (SSSR count). The minimum atomic E-state index is -0.904. The number of rotatable bonds is 7. The molecule has 0 aromatic heterocycles. The summed E-state index contributed by atoms with van der Waals surface area (Å²) in [6.45, 7) is 0. The van der Waals surface area contributed by atoms with E-state index in [1.807, 2.05) is 54.6 Å². The molecule has 0 unspecified atom stereocenters. The lowest BCUT2D eigenvalue weighted by Gasteiger charge is -2.23. The molecular weight excluding hydrogens is 344 g/mol. The maximum Gasteiger partial charge on any atom is 0.303 e. The van der Waals surface area contributed by atoms with E-state index in [2.05, 4.69) is 5.10 Å². The highest BCUT2D eigenvalue weighted by Gasteiger charge is 2.34. The molecule has 0 saturated heterocycles. The highest BCUT2D eigenvalue weighted by molar-refractivity contribution is 6.03. The minimum absolute atomic E-state index is 0.0336. The molecule has 6 heteroatoms. The quantitative estimate of drug-likeness (QED) is 0.811. The monoisotopic (exact) mass is 366 g/mol. The highest BCUT2D eigenvalue weighted by atomic mass is 16.5. The van der Waals surface area contributed by atoms with E-state index in [0.717, 1.165) is 16.8 Å². The molecule has 2 aromatic carbocycles. The van der Waals surface area contributed by atoms with Crippen molar-refractivity contribution in [2.45, 2.75) is 31.7 Å². The zero-order chi connectivity index (χ0) is 19.2. The number of carbonyl (C=O) groups excluding carboxylic acids is 1. The average molecular weight is 366 g/mol. The van der Waals surface area contributed by atoms with Crippen LogP contribution in [0, 0.1) is 0 Å². The van der Waals surface area contributed by atoms with E-state index in [1.54, 1.807) is 7.11 Å². The molecule has 6 nitrogen and oxygen atoms in total. The van der Waals surface area contributed by atoms with E-state index in [4.69, 9.17) is 9.84 Å². The van der Waals surface area contributed by atoms with E-state index < -0.39 is 5.97 Å². The molecule has 1 heterocycles. The van der Waals surface area contributed by atoms with Gasteiger partial charge in [-0.1, -0.05) is 48.5 Å². The highest BCUT2D eigenvalue weighted by Crippen LogP contribution is 2.37. The van der Waals surface area contributed by atoms with Crippen molar-refractivity contribution in [1.82, 2.24) is 5.01 Å². The molecule has 0 bridgehead atoms. The predicted octanol–water partition coefficient (Wildman–Crippen LogP) is 3.63. The molecule has 27 heavy (non-hydrogen) atoms. The van der Waals surface area contributed by atoms with Crippen LogP contribution in [0.1, 0.15) is 42.9 Å². The molecule has 1 atom stereocenters. The van der Waals surface area contributed by atoms with Gasteiger partial charge in [-0.25, -0.2) is 5.01 Å². The number of nitrogens with zero attached hydrogens (tertiary/aromatic N) is 2. The smallest absolute Gasteiger partial charge is 0.303 e. The van der Waals surface area contributed by atoms with Crippen LogP contribution in [0.4, 0.5) is 0 Å². The fourth-order valence-corrected chi connectivity index (χ4v) is 3.23. The van der Waals surface area contributed by atoms with Crippen LogP contribution in [0.5, 0.6) is 5.75 Å². The topological polar surface area (TPSA) is 79.2 Å². The average Bonchev–Trinajstić information content (AvgIpc) is 3.13. The SMILES string of the molecule is COc1ccccc1[C@@H]1CC(c2ccccc2)=NN1C(=O)CCCC(=O)O. The number of hydrogen-bond donors (Lipinski definition) is 1. The summed E-state index contributed by atoms with van der Waals surface area (Å²) in [7, 11) is 1.60. The maximum atomic E-state index is 12.8. The zero-order valence-electron chi connectivity index (χ0n) is 15.2. The van der Waals surface area contributed by atoms with Crippen molar-refractivity contribution >= 4 is 17.6 Å². The molecule has 1 N–H and O–H groups in total. The first kappa shape index (κ1) is 18.6. The molecule has 0 saturated carbocycles. The molecule has 0 spiro atoms. The standard InChI is InChI=1S/C21H22N2O4/c1-27-19-11-6-5-10-16(19)18-14-17(15-8-3-2-4-9-15)22-23(18)20(24)12-7-13-21(25)26/h2-6,8-11,18H,7,12-14H2,1H3,(H,25,26)/t18-/m0/s1. The summed E-state index contributed by atoms with van der Waals surface area (Å²) in [5.74, 6) is -0.382. The third-order valence-electron chi connectivity index (χ3n) is 4.55. The first-order valence-corrected chi connectivity index (χ1v) is 8.90. The van der Waals surface area contributed by atoms with E-state index in [1.165, 1.54) is 5.01 Å². The number of carbonyl (C=O) groups is 2. The Bertz CT molecular complexity index is 848. The Labute approximate surface area is 158 Å². The first-order valence-electron chi connectivity index (χ1n) is 8.90. The zero-order valence-corrected chi connectivity index (χ0v) is 15.2. The normalized spacial score (nSPS) is 16.1. The van der Waals surface area contributed by atoms with Crippen molar-refractivity contribution in [1.29, 1.82) is 0 Å². The Morgan fingerprint density at radius 3 is 2.52 bits per heavy atom. The van der Waals surface area contributed by atoms with Crippen LogP contribution >= 0.6 is 0 Å². The summed E-state index contributed by atoms with van der Waals surface area (Å²) in [5.41, 5.74) is 2.69. The van der Waals surface area contributed by atoms with Gasteiger partial charge in [0.2, 0.25) is 5.91 Å². The molecular formula is C21H22N2O4. The van der Waals surface area contributed by atoms with Crippen LogP contribution in [0.15, 0.2) is 59.7 Å². The Kier molecular flexibility index (Phi) is 5.86. The van der Waals surface area contributed by atoms with Crippen LogP contribution in [-0.2, 0) is 9.59 Å². The van der Waals surface area contributed by atoms with Crippen LogP contribution in [0.2, 0.25) is 0 Å². The molecule has 140 valence electrons. The number of aliphatic carboxylic acids is 1. The Morgan fingerprint density at radius 2 is 1.81 bits per heavy atom. The molecule has 2 aromatic rings. The summed E-state index contributed by atoms with van der Waals surface area (Å²) in [4.78, 5) is 23.5. The maximum absolute atomic E-state index is 12.8. The number of amides is 1. The Balaban J connectivity index is 1.89. The lowest BCUT2D eigenvalue weighted by molar-refractivity contribution is -0.137. The Morgan fingerprint density at radius 1 is 1.11 bits per heavy atom. The predicted molar refractivity (Wildman–Crippen MR) is 102 cm³/mol. The van der Waals surface area contributed by atoms with Gasteiger partial charge < -0.3 is 9.84 Å². The number of hydrogen-bond acceptors (Lipinski definition) is 4. The number of para-hydroxylation sites is 1. The van der Waals surface area contributed by atoms with Gasteiger partial charge in [-0.15, -0.1) is 0 Å². The number of methoxy groups -OCH3 is 1. The molecule has 1 aliphatic heterocycles. The summed E-state index contributed by atoms with van der Waals surface area (Å²) in [6, 6.07) is 17.1. The number of benzene rings is 2. The van der Waals surface area contributed by atoms with Crippen molar-refractivity contribution in [2.24, 2.45) is 5.10 Å². The van der Waals surface area contributed by atoms with E-state index >= 15 is 0 Å². The summed E-state index contributed by atoms with van der Waals surface area (Å²) in [5, 5.41) is 14.9. The van der Waals surface area contributed by atoms with E-state index in [9.17, 15) is 9.59 Å².